The second kappa shape index (κ2) is 11.1. The monoisotopic (exact) mass is 336 g/mol. The Bertz CT molecular complexity index is 490. The molecule has 1 aliphatic heterocycles. The van der Waals surface area contributed by atoms with Gasteiger partial charge in [-0.1, -0.05) is 24.3 Å². The first kappa shape index (κ1) is 18.9. The van der Waals surface area contributed by atoms with Crippen LogP contribution in [0, 0.1) is 0 Å². The molecule has 1 atom stereocenters. The molecule has 1 aromatic carbocycles. The summed E-state index contributed by atoms with van der Waals surface area (Å²) in [6.07, 6.45) is 0.445. The van der Waals surface area contributed by atoms with Crippen LogP contribution in [-0.2, 0) is 32.2 Å². The van der Waals surface area contributed by atoms with Gasteiger partial charge >= 0.3 is 0 Å². The van der Waals surface area contributed by atoms with Gasteiger partial charge in [0.25, 0.3) is 0 Å². The molecule has 1 aromatic rings. The maximum Gasteiger partial charge on any atom is 0.221 e. The summed E-state index contributed by atoms with van der Waals surface area (Å²) in [5, 5.41) is 6.24. The minimum atomic E-state index is 0.0383. The smallest absolute Gasteiger partial charge is 0.221 e. The van der Waals surface area contributed by atoms with Crippen molar-refractivity contribution in [3.8, 4) is 0 Å². The van der Waals surface area contributed by atoms with E-state index in [1.807, 2.05) is 25.1 Å². The maximum atomic E-state index is 12.0. The lowest BCUT2D eigenvalue weighted by Gasteiger charge is -2.23. The first-order valence-electron chi connectivity index (χ1n) is 8.59. The van der Waals surface area contributed by atoms with E-state index in [9.17, 15) is 4.79 Å². The van der Waals surface area contributed by atoms with Crippen LogP contribution in [-0.4, -0.2) is 51.5 Å². The predicted molar refractivity (Wildman–Crippen MR) is 91.7 cm³/mol. The number of hydrogen-bond acceptors (Lipinski definition) is 5. The molecule has 6 nitrogen and oxygen atoms in total. The van der Waals surface area contributed by atoms with Gasteiger partial charge in [-0.05, 0) is 18.1 Å². The Kier molecular flexibility index (Phi) is 8.76. The minimum Gasteiger partial charge on any atom is -0.379 e. The quantitative estimate of drug-likeness (QED) is 0.629. The van der Waals surface area contributed by atoms with Gasteiger partial charge in [0.05, 0.1) is 33.0 Å². The van der Waals surface area contributed by atoms with Crippen LogP contribution < -0.4 is 10.6 Å². The second-order valence-corrected chi connectivity index (χ2v) is 5.78. The molecule has 0 bridgehead atoms. The molecule has 6 heteroatoms. The van der Waals surface area contributed by atoms with Crippen molar-refractivity contribution in [3.05, 3.63) is 35.4 Å². The molecule has 0 saturated carbocycles. The molecule has 24 heavy (non-hydrogen) atoms. The molecule has 2 rings (SSSR count). The van der Waals surface area contributed by atoms with Gasteiger partial charge in [-0.2, -0.15) is 0 Å². The van der Waals surface area contributed by atoms with Crippen molar-refractivity contribution in [3.63, 3.8) is 0 Å². The maximum absolute atomic E-state index is 12.0. The molecular weight excluding hydrogens is 308 g/mol. The molecular formula is C18H28N2O4. The minimum absolute atomic E-state index is 0.0383. The van der Waals surface area contributed by atoms with E-state index in [2.05, 4.69) is 16.7 Å². The molecule has 1 aliphatic rings. The SMILES string of the molecule is CCOCCOCc1cccc(CNC(=O)CC2COCCN2)c1. The summed E-state index contributed by atoms with van der Waals surface area (Å²) in [6, 6.07) is 8.19. The lowest BCUT2D eigenvalue weighted by molar-refractivity contribution is -0.122. The van der Waals surface area contributed by atoms with Crippen molar-refractivity contribution >= 4 is 5.91 Å². The van der Waals surface area contributed by atoms with E-state index in [0.717, 1.165) is 24.3 Å². The standard InChI is InChI=1S/C18H28N2O4/c1-2-22-8-9-24-13-16-5-3-4-15(10-16)12-20-18(21)11-17-14-23-7-6-19-17/h3-5,10,17,19H,2,6-9,11-14H2,1H3,(H,20,21). The van der Waals surface area contributed by atoms with Crippen LogP contribution in [0.4, 0.5) is 0 Å². The molecule has 1 fully saturated rings. The van der Waals surface area contributed by atoms with Crippen LogP contribution in [0.15, 0.2) is 24.3 Å². The van der Waals surface area contributed by atoms with Crippen molar-refractivity contribution < 1.29 is 19.0 Å². The summed E-state index contributed by atoms with van der Waals surface area (Å²) in [7, 11) is 0. The molecule has 1 heterocycles. The zero-order valence-corrected chi connectivity index (χ0v) is 14.4. The van der Waals surface area contributed by atoms with Crippen LogP contribution in [0.1, 0.15) is 24.5 Å². The van der Waals surface area contributed by atoms with Crippen molar-refractivity contribution in [2.45, 2.75) is 32.5 Å². The van der Waals surface area contributed by atoms with E-state index in [0.29, 0.717) is 46.0 Å². The number of amides is 1. The third kappa shape index (κ3) is 7.40. The average Bonchev–Trinajstić information content (AvgIpc) is 2.61. The highest BCUT2D eigenvalue weighted by Gasteiger charge is 2.16. The van der Waals surface area contributed by atoms with Gasteiger partial charge in [-0.3, -0.25) is 4.79 Å². The van der Waals surface area contributed by atoms with Gasteiger partial charge in [0.1, 0.15) is 0 Å². The highest BCUT2D eigenvalue weighted by Crippen LogP contribution is 2.07. The van der Waals surface area contributed by atoms with Crippen molar-refractivity contribution in [2.24, 2.45) is 0 Å². The largest absolute Gasteiger partial charge is 0.379 e. The molecule has 0 aromatic heterocycles. The fourth-order valence-corrected chi connectivity index (χ4v) is 2.53. The molecule has 1 saturated heterocycles. The van der Waals surface area contributed by atoms with Crippen LogP contribution >= 0.6 is 0 Å². The fraction of sp³-hybridized carbons (Fsp3) is 0.611. The summed E-state index contributed by atoms with van der Waals surface area (Å²) >= 11 is 0. The Morgan fingerprint density at radius 3 is 2.96 bits per heavy atom. The van der Waals surface area contributed by atoms with Crippen LogP contribution in [0.25, 0.3) is 0 Å². The zero-order valence-electron chi connectivity index (χ0n) is 14.4. The Balaban J connectivity index is 1.68. The number of hydrogen-bond donors (Lipinski definition) is 2. The Morgan fingerprint density at radius 1 is 1.33 bits per heavy atom. The summed E-state index contributed by atoms with van der Waals surface area (Å²) < 4.78 is 16.2. The lowest BCUT2D eigenvalue weighted by atomic mass is 10.1. The highest BCUT2D eigenvalue weighted by molar-refractivity contribution is 5.76. The Morgan fingerprint density at radius 2 is 2.17 bits per heavy atom. The summed E-state index contributed by atoms with van der Waals surface area (Å²) in [6.45, 7) is 7.09. The van der Waals surface area contributed by atoms with Gasteiger partial charge in [0.2, 0.25) is 5.91 Å². The number of benzene rings is 1. The molecule has 0 aliphatic carbocycles. The van der Waals surface area contributed by atoms with Gasteiger partial charge in [0, 0.05) is 32.2 Å². The number of nitrogens with one attached hydrogen (secondary N) is 2. The van der Waals surface area contributed by atoms with Gasteiger partial charge in [-0.25, -0.2) is 0 Å². The van der Waals surface area contributed by atoms with Gasteiger partial charge < -0.3 is 24.8 Å². The first-order chi connectivity index (χ1) is 11.8. The third-order valence-corrected chi connectivity index (χ3v) is 3.76. The number of rotatable bonds is 10. The number of morpholine rings is 1. The Labute approximate surface area is 143 Å². The molecule has 134 valence electrons. The second-order valence-electron chi connectivity index (χ2n) is 5.78. The van der Waals surface area contributed by atoms with Crippen LogP contribution in [0.2, 0.25) is 0 Å². The zero-order chi connectivity index (χ0) is 17.0. The van der Waals surface area contributed by atoms with E-state index in [1.165, 1.54) is 0 Å². The van der Waals surface area contributed by atoms with Crippen molar-refractivity contribution in [2.75, 3.05) is 39.6 Å². The summed E-state index contributed by atoms with van der Waals surface area (Å²) in [4.78, 5) is 12.0. The predicted octanol–water partition coefficient (Wildman–Crippen LogP) is 1.23. The molecule has 0 spiro atoms. The van der Waals surface area contributed by atoms with Crippen LogP contribution in [0.3, 0.4) is 0 Å². The topological polar surface area (TPSA) is 68.8 Å². The third-order valence-electron chi connectivity index (χ3n) is 3.76. The molecule has 1 amide bonds. The Hall–Kier alpha value is -1.47. The van der Waals surface area contributed by atoms with Gasteiger partial charge in [0.15, 0.2) is 0 Å². The number of ether oxygens (including phenoxy) is 3. The molecule has 2 N–H and O–H groups in total. The normalized spacial score (nSPS) is 17.6. The van der Waals surface area contributed by atoms with Crippen molar-refractivity contribution in [1.29, 1.82) is 0 Å². The molecule has 1 unspecified atom stereocenters. The van der Waals surface area contributed by atoms with E-state index >= 15 is 0 Å². The van der Waals surface area contributed by atoms with Crippen molar-refractivity contribution in [1.82, 2.24) is 10.6 Å². The molecule has 0 radical (unpaired) electrons. The van der Waals surface area contributed by atoms with Crippen LogP contribution in [0.5, 0.6) is 0 Å². The van der Waals surface area contributed by atoms with E-state index in [1.54, 1.807) is 0 Å². The lowest BCUT2D eigenvalue weighted by Crippen LogP contribution is -2.44. The van der Waals surface area contributed by atoms with E-state index in [4.69, 9.17) is 14.2 Å². The first-order valence-corrected chi connectivity index (χ1v) is 8.59. The fourth-order valence-electron chi connectivity index (χ4n) is 2.53. The average molecular weight is 336 g/mol. The summed E-state index contributed by atoms with van der Waals surface area (Å²) in [5.74, 6) is 0.0383. The van der Waals surface area contributed by atoms with E-state index < -0.39 is 0 Å². The number of carbonyl (C=O) groups excluding carboxylic acids is 1. The highest BCUT2D eigenvalue weighted by atomic mass is 16.5. The summed E-state index contributed by atoms with van der Waals surface area (Å²) in [5.41, 5.74) is 2.17. The number of carbonyl (C=O) groups is 1. The van der Waals surface area contributed by atoms with E-state index in [-0.39, 0.29) is 11.9 Å². The van der Waals surface area contributed by atoms with Gasteiger partial charge in [-0.15, -0.1) is 0 Å².